The number of benzene rings is 1. The van der Waals surface area contributed by atoms with E-state index in [1.54, 1.807) is 7.11 Å². The fourth-order valence-corrected chi connectivity index (χ4v) is 3.83. The average Bonchev–Trinajstić information content (AvgIpc) is 3.11. The standard InChI is InChI=1S/C18H20N2O3/c1-22-11-18-10-20(8-14(18)9-23-12-18)17(21)16-7-6-13-4-2-3-5-15(13)19-16/h2-7,14H,8-12H2,1H3/t14-,18-/m1/s1. The third-order valence-corrected chi connectivity index (χ3v) is 5.06. The maximum Gasteiger partial charge on any atom is 0.272 e. The van der Waals surface area contributed by atoms with Crippen molar-refractivity contribution in [3.8, 4) is 0 Å². The molecule has 5 nitrogen and oxygen atoms in total. The third-order valence-electron chi connectivity index (χ3n) is 5.06. The Balaban J connectivity index is 1.59. The van der Waals surface area contributed by atoms with Gasteiger partial charge in [0.25, 0.3) is 5.91 Å². The maximum atomic E-state index is 12.9. The van der Waals surface area contributed by atoms with Crippen molar-refractivity contribution in [1.82, 2.24) is 9.88 Å². The van der Waals surface area contributed by atoms with E-state index >= 15 is 0 Å². The predicted octanol–water partition coefficient (Wildman–Crippen LogP) is 1.97. The molecular formula is C18H20N2O3. The van der Waals surface area contributed by atoms with E-state index in [1.807, 2.05) is 41.3 Å². The van der Waals surface area contributed by atoms with Gasteiger partial charge in [-0.3, -0.25) is 4.79 Å². The number of carbonyl (C=O) groups excluding carboxylic acids is 1. The van der Waals surface area contributed by atoms with Gasteiger partial charge in [-0.15, -0.1) is 0 Å². The second-order valence-electron chi connectivity index (χ2n) is 6.58. The van der Waals surface area contributed by atoms with Crippen molar-refractivity contribution in [2.24, 2.45) is 11.3 Å². The number of carbonyl (C=O) groups is 1. The zero-order chi connectivity index (χ0) is 15.9. The molecule has 0 bridgehead atoms. The van der Waals surface area contributed by atoms with E-state index in [2.05, 4.69) is 4.98 Å². The summed E-state index contributed by atoms with van der Waals surface area (Å²) in [6.45, 7) is 3.40. The molecule has 2 saturated heterocycles. The molecule has 1 aromatic carbocycles. The van der Waals surface area contributed by atoms with Crippen LogP contribution in [0.1, 0.15) is 10.5 Å². The Morgan fingerprint density at radius 3 is 3.13 bits per heavy atom. The molecule has 2 aliphatic heterocycles. The second kappa shape index (κ2) is 5.58. The van der Waals surface area contributed by atoms with Gasteiger partial charge < -0.3 is 14.4 Å². The molecule has 0 unspecified atom stereocenters. The first-order valence-corrected chi connectivity index (χ1v) is 7.94. The zero-order valence-electron chi connectivity index (χ0n) is 13.2. The lowest BCUT2D eigenvalue weighted by atomic mass is 9.82. The van der Waals surface area contributed by atoms with Gasteiger partial charge >= 0.3 is 0 Å². The van der Waals surface area contributed by atoms with Crippen LogP contribution in [0.3, 0.4) is 0 Å². The van der Waals surface area contributed by atoms with E-state index in [1.165, 1.54) is 0 Å². The highest BCUT2D eigenvalue weighted by Crippen LogP contribution is 2.41. The van der Waals surface area contributed by atoms with Crippen molar-refractivity contribution in [2.45, 2.75) is 0 Å². The molecule has 1 aromatic heterocycles. The number of para-hydroxylation sites is 1. The number of aromatic nitrogens is 1. The number of rotatable bonds is 3. The van der Waals surface area contributed by atoms with Gasteiger partial charge in [-0.1, -0.05) is 24.3 Å². The summed E-state index contributed by atoms with van der Waals surface area (Å²) < 4.78 is 11.0. The van der Waals surface area contributed by atoms with Crippen molar-refractivity contribution >= 4 is 16.8 Å². The average molecular weight is 312 g/mol. The molecule has 23 heavy (non-hydrogen) atoms. The third kappa shape index (κ3) is 2.40. The summed E-state index contributed by atoms with van der Waals surface area (Å²) in [5.74, 6) is 0.354. The summed E-state index contributed by atoms with van der Waals surface area (Å²) >= 11 is 0. The first kappa shape index (κ1) is 14.6. The van der Waals surface area contributed by atoms with Crippen LogP contribution >= 0.6 is 0 Å². The van der Waals surface area contributed by atoms with E-state index in [0.29, 0.717) is 38.0 Å². The van der Waals surface area contributed by atoms with Gasteiger partial charge in [-0.05, 0) is 12.1 Å². The summed E-state index contributed by atoms with van der Waals surface area (Å²) in [6, 6.07) is 11.6. The maximum absolute atomic E-state index is 12.9. The van der Waals surface area contributed by atoms with Crippen LogP contribution in [0.15, 0.2) is 36.4 Å². The van der Waals surface area contributed by atoms with Gasteiger partial charge in [0.1, 0.15) is 5.69 Å². The Morgan fingerprint density at radius 2 is 2.26 bits per heavy atom. The Morgan fingerprint density at radius 1 is 1.39 bits per heavy atom. The van der Waals surface area contributed by atoms with E-state index in [0.717, 1.165) is 17.4 Å². The number of pyridine rings is 1. The fraction of sp³-hybridized carbons (Fsp3) is 0.444. The molecule has 120 valence electrons. The second-order valence-corrected chi connectivity index (χ2v) is 6.58. The Kier molecular flexibility index (Phi) is 3.54. The van der Waals surface area contributed by atoms with Gasteiger partial charge in [-0.2, -0.15) is 0 Å². The molecule has 2 aromatic rings. The lowest BCUT2D eigenvalue weighted by molar-refractivity contribution is 0.0487. The van der Waals surface area contributed by atoms with Crippen LogP contribution in [-0.2, 0) is 9.47 Å². The summed E-state index contributed by atoms with van der Waals surface area (Å²) in [4.78, 5) is 19.3. The molecule has 0 spiro atoms. The molecule has 0 N–H and O–H groups in total. The lowest BCUT2D eigenvalue weighted by Crippen LogP contribution is -2.37. The van der Waals surface area contributed by atoms with Crippen LogP contribution in [0, 0.1) is 11.3 Å². The molecule has 1 amide bonds. The molecule has 0 radical (unpaired) electrons. The van der Waals surface area contributed by atoms with E-state index < -0.39 is 0 Å². The number of methoxy groups -OCH3 is 1. The monoisotopic (exact) mass is 312 g/mol. The molecule has 4 rings (SSSR count). The molecule has 5 heteroatoms. The summed E-state index contributed by atoms with van der Waals surface area (Å²) in [5, 5.41) is 1.05. The smallest absolute Gasteiger partial charge is 0.272 e. The highest BCUT2D eigenvalue weighted by Gasteiger charge is 2.52. The molecule has 2 atom stereocenters. The molecule has 0 aliphatic carbocycles. The highest BCUT2D eigenvalue weighted by molar-refractivity contribution is 5.95. The SMILES string of the molecule is COC[C@]12COC[C@H]1CN(C(=O)c1ccc3ccccc3n1)C2. The number of hydrogen-bond acceptors (Lipinski definition) is 4. The number of ether oxygens (including phenoxy) is 2. The quantitative estimate of drug-likeness (QED) is 0.869. The van der Waals surface area contributed by atoms with Crippen molar-refractivity contribution in [1.29, 1.82) is 0 Å². The zero-order valence-corrected chi connectivity index (χ0v) is 13.2. The minimum atomic E-state index is -0.0543. The fourth-order valence-electron chi connectivity index (χ4n) is 3.83. The van der Waals surface area contributed by atoms with Gasteiger partial charge in [0, 0.05) is 36.9 Å². The topological polar surface area (TPSA) is 51.7 Å². The van der Waals surface area contributed by atoms with Crippen LogP contribution in [0.4, 0.5) is 0 Å². The number of likely N-dealkylation sites (tertiary alicyclic amines) is 1. The van der Waals surface area contributed by atoms with E-state index in [4.69, 9.17) is 9.47 Å². The van der Waals surface area contributed by atoms with Gasteiger partial charge in [0.15, 0.2) is 0 Å². The van der Waals surface area contributed by atoms with Crippen LogP contribution in [0.25, 0.3) is 10.9 Å². The van der Waals surface area contributed by atoms with Crippen LogP contribution in [0.5, 0.6) is 0 Å². The van der Waals surface area contributed by atoms with Crippen LogP contribution in [0.2, 0.25) is 0 Å². The van der Waals surface area contributed by atoms with Crippen molar-refractivity contribution in [3.63, 3.8) is 0 Å². The summed E-state index contributed by atoms with van der Waals surface area (Å²) in [5.41, 5.74) is 1.31. The van der Waals surface area contributed by atoms with Crippen molar-refractivity contribution in [3.05, 3.63) is 42.1 Å². The Labute approximate surface area is 135 Å². The predicted molar refractivity (Wildman–Crippen MR) is 86.3 cm³/mol. The van der Waals surface area contributed by atoms with Gasteiger partial charge in [-0.25, -0.2) is 4.98 Å². The molecular weight excluding hydrogens is 292 g/mol. The summed E-state index contributed by atoms with van der Waals surface area (Å²) in [7, 11) is 1.71. The largest absolute Gasteiger partial charge is 0.384 e. The van der Waals surface area contributed by atoms with E-state index in [9.17, 15) is 4.79 Å². The Bertz CT molecular complexity index is 748. The van der Waals surface area contributed by atoms with Crippen molar-refractivity contribution < 1.29 is 14.3 Å². The first-order valence-electron chi connectivity index (χ1n) is 7.94. The highest BCUT2D eigenvalue weighted by atomic mass is 16.5. The van der Waals surface area contributed by atoms with Gasteiger partial charge in [0.05, 0.1) is 25.3 Å². The van der Waals surface area contributed by atoms with Crippen LogP contribution in [-0.4, -0.2) is 55.8 Å². The minimum Gasteiger partial charge on any atom is -0.384 e. The van der Waals surface area contributed by atoms with Gasteiger partial charge in [0.2, 0.25) is 0 Å². The Hall–Kier alpha value is -1.98. The molecule has 2 fully saturated rings. The number of hydrogen-bond donors (Lipinski definition) is 0. The normalized spacial score (nSPS) is 26.7. The number of amides is 1. The number of nitrogens with zero attached hydrogens (tertiary/aromatic N) is 2. The molecule has 3 heterocycles. The molecule has 2 aliphatic rings. The summed E-state index contributed by atoms with van der Waals surface area (Å²) in [6.07, 6.45) is 0. The lowest BCUT2D eigenvalue weighted by Gasteiger charge is -2.25. The minimum absolute atomic E-state index is 0.000584. The van der Waals surface area contributed by atoms with E-state index in [-0.39, 0.29) is 11.3 Å². The first-order chi connectivity index (χ1) is 11.2. The molecule has 0 saturated carbocycles. The number of fused-ring (bicyclic) bond motifs is 2. The van der Waals surface area contributed by atoms with Crippen molar-refractivity contribution in [2.75, 3.05) is 40.0 Å². The van der Waals surface area contributed by atoms with Crippen LogP contribution < -0.4 is 0 Å².